The quantitative estimate of drug-likeness (QED) is 0.556. The number of carbonyl (C=O) groups is 1. The second kappa shape index (κ2) is 6.98. The third-order valence-corrected chi connectivity index (χ3v) is 5.38. The molecule has 0 radical (unpaired) electrons. The van der Waals surface area contributed by atoms with Gasteiger partial charge in [-0.3, -0.25) is 4.79 Å². The average Bonchev–Trinajstić information content (AvgIpc) is 3.17. The van der Waals surface area contributed by atoms with Gasteiger partial charge >= 0.3 is 0 Å². The largest absolute Gasteiger partial charge is 0.356 e. The number of carbonyl (C=O) groups excluding carboxylic acids is 1. The minimum absolute atomic E-state index is 0.221. The predicted octanol–water partition coefficient (Wildman–Crippen LogP) is 2.47. The molecule has 19 heavy (non-hydrogen) atoms. The normalized spacial score (nSPS) is 26.1. The van der Waals surface area contributed by atoms with Crippen molar-refractivity contribution in [1.82, 2.24) is 10.2 Å². The molecule has 1 aliphatic carbocycles. The van der Waals surface area contributed by atoms with Gasteiger partial charge < -0.3 is 10.2 Å². The van der Waals surface area contributed by atoms with Crippen LogP contribution in [0.15, 0.2) is 0 Å². The van der Waals surface area contributed by atoms with E-state index < -0.39 is 0 Å². The minimum Gasteiger partial charge on any atom is -0.356 e. The van der Waals surface area contributed by atoms with Gasteiger partial charge in [-0.15, -0.1) is 0 Å². The molecule has 2 aliphatic rings. The number of nitrogens with one attached hydrogen (secondary N) is 1. The summed E-state index contributed by atoms with van der Waals surface area (Å²) in [4.78, 5) is 14.4. The molecule has 2 rings (SSSR count). The van der Waals surface area contributed by atoms with Gasteiger partial charge in [0.2, 0.25) is 5.91 Å². The third kappa shape index (κ3) is 4.67. The van der Waals surface area contributed by atoms with E-state index in [0.29, 0.717) is 6.42 Å². The van der Waals surface area contributed by atoms with E-state index >= 15 is 0 Å². The summed E-state index contributed by atoms with van der Waals surface area (Å²) in [7, 11) is 0. The number of nitrogens with zero attached hydrogens (tertiary/aromatic N) is 1. The van der Waals surface area contributed by atoms with Crippen LogP contribution in [0.2, 0.25) is 0 Å². The summed E-state index contributed by atoms with van der Waals surface area (Å²) in [5, 5.41) is 3.07. The molecule has 0 aromatic carbocycles. The first-order chi connectivity index (χ1) is 9.15. The number of piperidine rings is 1. The smallest absolute Gasteiger partial charge is 0.220 e. The predicted molar refractivity (Wildman–Crippen MR) is 82.6 cm³/mol. The fourth-order valence-electron chi connectivity index (χ4n) is 2.97. The number of rotatable bonds is 7. The molecule has 110 valence electrons. The van der Waals surface area contributed by atoms with Gasteiger partial charge in [-0.25, -0.2) is 0 Å². The van der Waals surface area contributed by atoms with Crippen molar-refractivity contribution in [2.75, 3.05) is 25.4 Å². The van der Waals surface area contributed by atoms with Crippen molar-refractivity contribution in [3.8, 4) is 0 Å². The van der Waals surface area contributed by atoms with Gasteiger partial charge in [0.05, 0.1) is 0 Å². The summed E-state index contributed by atoms with van der Waals surface area (Å²) >= 11 is 4.34. The molecule has 1 saturated carbocycles. The standard InChI is InChI=1S/C15H28N2OS/c1-13-5-2-3-9-17(13)10-4-8-16-14(18)11-15(12-19)6-7-15/h13,19H,2-12H2,1H3,(H,16,18). The zero-order chi connectivity index (χ0) is 13.7. The van der Waals surface area contributed by atoms with Crippen LogP contribution in [-0.4, -0.2) is 42.2 Å². The van der Waals surface area contributed by atoms with Crippen LogP contribution in [0.5, 0.6) is 0 Å². The summed E-state index contributed by atoms with van der Waals surface area (Å²) in [5.41, 5.74) is 0.245. The third-order valence-electron chi connectivity index (χ3n) is 4.71. The lowest BCUT2D eigenvalue weighted by Crippen LogP contribution is -2.39. The highest BCUT2D eigenvalue weighted by atomic mass is 32.1. The molecule has 1 N–H and O–H groups in total. The van der Waals surface area contributed by atoms with E-state index in [1.807, 2.05) is 0 Å². The van der Waals surface area contributed by atoms with Crippen molar-refractivity contribution >= 4 is 18.5 Å². The Labute approximate surface area is 122 Å². The maximum Gasteiger partial charge on any atom is 0.220 e. The molecule has 1 unspecified atom stereocenters. The molecular weight excluding hydrogens is 256 g/mol. The maximum atomic E-state index is 11.8. The topological polar surface area (TPSA) is 32.3 Å². The van der Waals surface area contributed by atoms with Crippen LogP contribution < -0.4 is 5.32 Å². The first kappa shape index (κ1) is 15.2. The summed E-state index contributed by atoms with van der Waals surface area (Å²) in [6, 6.07) is 0.725. The van der Waals surface area contributed by atoms with Crippen LogP contribution in [0, 0.1) is 5.41 Å². The highest BCUT2D eigenvalue weighted by molar-refractivity contribution is 7.80. The van der Waals surface area contributed by atoms with Crippen molar-refractivity contribution < 1.29 is 4.79 Å². The molecule has 1 aliphatic heterocycles. The van der Waals surface area contributed by atoms with Gasteiger partial charge in [0.25, 0.3) is 0 Å². The number of hydrogen-bond donors (Lipinski definition) is 2. The zero-order valence-corrected chi connectivity index (χ0v) is 13.1. The van der Waals surface area contributed by atoms with Gasteiger partial charge in [-0.2, -0.15) is 12.6 Å². The summed E-state index contributed by atoms with van der Waals surface area (Å²) < 4.78 is 0. The van der Waals surface area contributed by atoms with E-state index in [1.165, 1.54) is 38.6 Å². The van der Waals surface area contributed by atoms with Crippen LogP contribution >= 0.6 is 12.6 Å². The molecule has 1 saturated heterocycles. The summed E-state index contributed by atoms with van der Waals surface area (Å²) in [5.74, 6) is 1.07. The number of thiol groups is 1. The van der Waals surface area contributed by atoms with Crippen LogP contribution in [0.3, 0.4) is 0 Å². The number of likely N-dealkylation sites (tertiary alicyclic amines) is 1. The van der Waals surface area contributed by atoms with E-state index in [9.17, 15) is 4.79 Å². The van der Waals surface area contributed by atoms with Crippen LogP contribution in [0.4, 0.5) is 0 Å². The molecular formula is C15H28N2OS. The van der Waals surface area contributed by atoms with Crippen LogP contribution in [-0.2, 0) is 4.79 Å². The van der Waals surface area contributed by atoms with E-state index in [1.54, 1.807) is 0 Å². The van der Waals surface area contributed by atoms with Gasteiger partial charge in [0.15, 0.2) is 0 Å². The van der Waals surface area contributed by atoms with E-state index in [0.717, 1.165) is 31.3 Å². The molecule has 1 heterocycles. The van der Waals surface area contributed by atoms with Gasteiger partial charge in [-0.1, -0.05) is 6.42 Å². The maximum absolute atomic E-state index is 11.8. The molecule has 4 heteroatoms. The number of amides is 1. The molecule has 0 spiro atoms. The monoisotopic (exact) mass is 284 g/mol. The van der Waals surface area contributed by atoms with E-state index in [-0.39, 0.29) is 11.3 Å². The molecule has 0 bridgehead atoms. The van der Waals surface area contributed by atoms with Gasteiger partial charge in [0.1, 0.15) is 0 Å². The first-order valence-electron chi connectivity index (χ1n) is 7.77. The lowest BCUT2D eigenvalue weighted by Gasteiger charge is -2.33. The number of hydrogen-bond acceptors (Lipinski definition) is 3. The molecule has 2 fully saturated rings. The summed E-state index contributed by atoms with van der Waals surface area (Å²) in [6.45, 7) is 5.50. The van der Waals surface area contributed by atoms with Gasteiger partial charge in [-0.05, 0) is 56.7 Å². The Hall–Kier alpha value is -0.220. The average molecular weight is 284 g/mol. The zero-order valence-electron chi connectivity index (χ0n) is 12.2. The Balaban J connectivity index is 1.55. The Morgan fingerprint density at radius 2 is 2.21 bits per heavy atom. The molecule has 1 amide bonds. The molecule has 3 nitrogen and oxygen atoms in total. The molecule has 0 aromatic heterocycles. The van der Waals surface area contributed by atoms with Crippen molar-refractivity contribution in [1.29, 1.82) is 0 Å². The SMILES string of the molecule is CC1CCCCN1CCCNC(=O)CC1(CS)CC1. The lowest BCUT2D eigenvalue weighted by molar-refractivity contribution is -0.122. The van der Waals surface area contributed by atoms with Crippen molar-refractivity contribution in [3.63, 3.8) is 0 Å². The van der Waals surface area contributed by atoms with Crippen LogP contribution in [0.1, 0.15) is 51.9 Å². The van der Waals surface area contributed by atoms with E-state index in [2.05, 4.69) is 29.8 Å². The Kier molecular flexibility index (Phi) is 5.58. The Morgan fingerprint density at radius 3 is 2.84 bits per heavy atom. The van der Waals surface area contributed by atoms with Crippen molar-refractivity contribution in [3.05, 3.63) is 0 Å². The van der Waals surface area contributed by atoms with Crippen LogP contribution in [0.25, 0.3) is 0 Å². The highest BCUT2D eigenvalue weighted by Gasteiger charge is 2.42. The first-order valence-corrected chi connectivity index (χ1v) is 8.40. The molecule has 0 aromatic rings. The summed E-state index contributed by atoms with van der Waals surface area (Å²) in [6.07, 6.45) is 8.14. The Morgan fingerprint density at radius 1 is 1.42 bits per heavy atom. The van der Waals surface area contributed by atoms with Crippen molar-refractivity contribution in [2.24, 2.45) is 5.41 Å². The van der Waals surface area contributed by atoms with Crippen molar-refractivity contribution in [2.45, 2.75) is 57.9 Å². The second-order valence-electron chi connectivity index (χ2n) is 6.42. The van der Waals surface area contributed by atoms with Gasteiger partial charge in [0, 0.05) is 25.6 Å². The minimum atomic E-state index is 0.221. The second-order valence-corrected chi connectivity index (χ2v) is 6.74. The molecule has 1 atom stereocenters. The fourth-order valence-corrected chi connectivity index (χ4v) is 3.40. The highest BCUT2D eigenvalue weighted by Crippen LogP contribution is 2.49. The fraction of sp³-hybridized carbons (Fsp3) is 0.933. The Bertz CT molecular complexity index is 305. The van der Waals surface area contributed by atoms with E-state index in [4.69, 9.17) is 0 Å². The lowest BCUT2D eigenvalue weighted by atomic mass is 10.0.